The van der Waals surface area contributed by atoms with Gasteiger partial charge >= 0.3 is 0 Å². The fourth-order valence-corrected chi connectivity index (χ4v) is 2.92. The van der Waals surface area contributed by atoms with Crippen molar-refractivity contribution in [3.05, 3.63) is 40.2 Å². The number of aromatic nitrogens is 1. The first-order valence-corrected chi connectivity index (χ1v) is 8.28. The van der Waals surface area contributed by atoms with Gasteiger partial charge in [-0.05, 0) is 49.9 Å². The molecule has 1 fully saturated rings. The van der Waals surface area contributed by atoms with E-state index in [-0.39, 0.29) is 11.5 Å². The zero-order chi connectivity index (χ0) is 16.2. The van der Waals surface area contributed by atoms with E-state index in [9.17, 15) is 9.59 Å². The average Bonchev–Trinajstić information content (AvgIpc) is 2.59. The quantitative estimate of drug-likeness (QED) is 0.944. The highest BCUT2D eigenvalue weighted by Crippen LogP contribution is 2.19. The number of hydrogen-bond acceptors (Lipinski definition) is 3. The van der Waals surface area contributed by atoms with Gasteiger partial charge in [-0.25, -0.2) is 0 Å². The highest BCUT2D eigenvalue weighted by molar-refractivity contribution is 5.98. The lowest BCUT2D eigenvalue weighted by molar-refractivity contribution is 0.0724. The van der Waals surface area contributed by atoms with E-state index in [1.54, 1.807) is 18.2 Å². The monoisotopic (exact) mass is 314 g/mol. The summed E-state index contributed by atoms with van der Waals surface area (Å²) in [6.45, 7) is 4.15. The lowest BCUT2D eigenvalue weighted by atomic mass is 10.1. The molecule has 5 heteroatoms. The zero-order valence-corrected chi connectivity index (χ0v) is 13.4. The van der Waals surface area contributed by atoms with Crippen molar-refractivity contribution in [3.63, 3.8) is 0 Å². The fraction of sp³-hybridized carbons (Fsp3) is 0.444. The van der Waals surface area contributed by atoms with Crippen LogP contribution >= 0.6 is 0 Å². The lowest BCUT2D eigenvalue weighted by Gasteiger charge is -2.26. The van der Waals surface area contributed by atoms with Gasteiger partial charge in [0.2, 0.25) is 0 Å². The topological polar surface area (TPSA) is 62.4 Å². The molecule has 2 aromatic rings. The summed E-state index contributed by atoms with van der Waals surface area (Å²) in [4.78, 5) is 29.3. The van der Waals surface area contributed by atoms with Gasteiger partial charge in [0.15, 0.2) is 5.75 Å². The Kier molecular flexibility index (Phi) is 4.65. The third-order valence-corrected chi connectivity index (χ3v) is 4.16. The number of rotatable bonds is 4. The van der Waals surface area contributed by atoms with Crippen LogP contribution in [-0.2, 0) is 0 Å². The summed E-state index contributed by atoms with van der Waals surface area (Å²) in [6, 6.07) is 7.12. The molecule has 1 N–H and O–H groups in total. The van der Waals surface area contributed by atoms with Gasteiger partial charge in [0, 0.05) is 29.6 Å². The predicted octanol–water partition coefficient (Wildman–Crippen LogP) is 2.94. The number of nitrogens with one attached hydrogen (secondary N) is 1. The van der Waals surface area contributed by atoms with Crippen LogP contribution in [0.15, 0.2) is 29.1 Å². The number of amides is 1. The van der Waals surface area contributed by atoms with E-state index in [0.29, 0.717) is 23.4 Å². The fourth-order valence-electron chi connectivity index (χ4n) is 2.92. The van der Waals surface area contributed by atoms with Crippen LogP contribution in [0.3, 0.4) is 0 Å². The number of likely N-dealkylation sites (tertiary alicyclic amines) is 1. The first-order valence-electron chi connectivity index (χ1n) is 8.28. The van der Waals surface area contributed by atoms with E-state index in [4.69, 9.17) is 4.74 Å². The van der Waals surface area contributed by atoms with E-state index in [1.165, 1.54) is 6.42 Å². The van der Waals surface area contributed by atoms with Gasteiger partial charge in [-0.1, -0.05) is 6.92 Å². The van der Waals surface area contributed by atoms with Crippen LogP contribution in [0.25, 0.3) is 10.9 Å². The molecule has 1 aromatic carbocycles. The molecule has 0 saturated carbocycles. The standard InChI is InChI=1S/C18H22N2O3/c1-2-10-23-16-12-14-11-13(6-7-15(14)19-17(16)21)18(22)20-8-4-3-5-9-20/h6-7,11-12H,2-5,8-10H2,1H3,(H,19,21). The van der Waals surface area contributed by atoms with Crippen LogP contribution in [0.5, 0.6) is 5.75 Å². The lowest BCUT2D eigenvalue weighted by Crippen LogP contribution is -2.35. The minimum absolute atomic E-state index is 0.0637. The number of ether oxygens (including phenoxy) is 1. The second-order valence-corrected chi connectivity index (χ2v) is 5.97. The van der Waals surface area contributed by atoms with E-state index in [2.05, 4.69) is 4.98 Å². The van der Waals surface area contributed by atoms with Gasteiger partial charge in [-0.2, -0.15) is 0 Å². The molecule has 0 bridgehead atoms. The molecule has 5 nitrogen and oxygen atoms in total. The van der Waals surface area contributed by atoms with Gasteiger partial charge in [0.25, 0.3) is 11.5 Å². The summed E-state index contributed by atoms with van der Waals surface area (Å²) in [6.07, 6.45) is 4.18. The van der Waals surface area contributed by atoms with Crippen LogP contribution < -0.4 is 10.3 Å². The Morgan fingerprint density at radius 2 is 2.00 bits per heavy atom. The van der Waals surface area contributed by atoms with Crippen molar-refractivity contribution < 1.29 is 9.53 Å². The Morgan fingerprint density at radius 1 is 1.22 bits per heavy atom. The SMILES string of the molecule is CCCOc1cc2cc(C(=O)N3CCCCC3)ccc2[nH]c1=O. The first kappa shape index (κ1) is 15.6. The Labute approximate surface area is 135 Å². The van der Waals surface area contributed by atoms with Crippen LogP contribution in [-0.4, -0.2) is 35.5 Å². The van der Waals surface area contributed by atoms with E-state index < -0.39 is 0 Å². The van der Waals surface area contributed by atoms with Crippen LogP contribution in [0, 0.1) is 0 Å². The van der Waals surface area contributed by atoms with Gasteiger partial charge in [0.05, 0.1) is 6.61 Å². The molecule has 0 radical (unpaired) electrons. The molecule has 1 aliphatic rings. The van der Waals surface area contributed by atoms with E-state index in [1.807, 2.05) is 17.9 Å². The normalized spacial score (nSPS) is 14.9. The van der Waals surface area contributed by atoms with Crippen molar-refractivity contribution >= 4 is 16.8 Å². The molecule has 0 aliphatic carbocycles. The molecule has 1 saturated heterocycles. The summed E-state index contributed by atoms with van der Waals surface area (Å²) in [5.74, 6) is 0.371. The van der Waals surface area contributed by atoms with Crippen molar-refractivity contribution in [2.75, 3.05) is 19.7 Å². The second kappa shape index (κ2) is 6.86. The van der Waals surface area contributed by atoms with Gasteiger partial charge in [-0.15, -0.1) is 0 Å². The number of carbonyl (C=O) groups is 1. The Bertz CT molecular complexity index is 760. The largest absolute Gasteiger partial charge is 0.488 e. The number of piperidine rings is 1. The minimum Gasteiger partial charge on any atom is -0.488 e. The first-order chi connectivity index (χ1) is 11.2. The van der Waals surface area contributed by atoms with Crippen LogP contribution in [0.4, 0.5) is 0 Å². The maximum absolute atomic E-state index is 12.6. The summed E-state index contributed by atoms with van der Waals surface area (Å²) >= 11 is 0. The smallest absolute Gasteiger partial charge is 0.290 e. The molecular weight excluding hydrogens is 292 g/mol. The van der Waals surface area contributed by atoms with Crippen molar-refractivity contribution in [3.8, 4) is 5.75 Å². The molecule has 0 unspecified atom stereocenters. The number of fused-ring (bicyclic) bond motifs is 1. The van der Waals surface area contributed by atoms with E-state index in [0.717, 1.165) is 37.7 Å². The summed E-state index contributed by atoms with van der Waals surface area (Å²) in [5, 5.41) is 0.818. The average molecular weight is 314 g/mol. The maximum atomic E-state index is 12.6. The molecule has 1 amide bonds. The number of aromatic amines is 1. The third-order valence-electron chi connectivity index (χ3n) is 4.16. The number of H-pyrrole nitrogens is 1. The highest BCUT2D eigenvalue weighted by Gasteiger charge is 2.18. The predicted molar refractivity (Wildman–Crippen MR) is 90.1 cm³/mol. The molecule has 3 rings (SSSR count). The Morgan fingerprint density at radius 3 is 2.74 bits per heavy atom. The molecule has 2 heterocycles. The number of carbonyl (C=O) groups excluding carboxylic acids is 1. The van der Waals surface area contributed by atoms with Crippen molar-refractivity contribution in [2.24, 2.45) is 0 Å². The molecule has 122 valence electrons. The number of nitrogens with zero attached hydrogens (tertiary/aromatic N) is 1. The van der Waals surface area contributed by atoms with Crippen molar-refractivity contribution in [1.82, 2.24) is 9.88 Å². The molecule has 0 spiro atoms. The van der Waals surface area contributed by atoms with Crippen molar-refractivity contribution in [2.45, 2.75) is 32.6 Å². The van der Waals surface area contributed by atoms with Crippen LogP contribution in [0.1, 0.15) is 43.0 Å². The zero-order valence-electron chi connectivity index (χ0n) is 13.4. The molecule has 1 aromatic heterocycles. The highest BCUT2D eigenvalue weighted by atomic mass is 16.5. The Balaban J connectivity index is 1.91. The van der Waals surface area contributed by atoms with Gasteiger partial charge in [0.1, 0.15) is 0 Å². The Hall–Kier alpha value is -2.30. The van der Waals surface area contributed by atoms with E-state index >= 15 is 0 Å². The number of hydrogen-bond donors (Lipinski definition) is 1. The summed E-state index contributed by atoms with van der Waals surface area (Å²) in [7, 11) is 0. The summed E-state index contributed by atoms with van der Waals surface area (Å²) < 4.78 is 5.47. The number of benzene rings is 1. The molecular formula is C18H22N2O3. The minimum atomic E-state index is -0.235. The maximum Gasteiger partial charge on any atom is 0.290 e. The van der Waals surface area contributed by atoms with Gasteiger partial charge in [-0.3, -0.25) is 9.59 Å². The number of pyridine rings is 1. The van der Waals surface area contributed by atoms with Crippen LogP contribution in [0.2, 0.25) is 0 Å². The van der Waals surface area contributed by atoms with Gasteiger partial charge < -0.3 is 14.6 Å². The molecule has 23 heavy (non-hydrogen) atoms. The summed E-state index contributed by atoms with van der Waals surface area (Å²) in [5.41, 5.74) is 1.14. The second-order valence-electron chi connectivity index (χ2n) is 5.97. The van der Waals surface area contributed by atoms with Crippen molar-refractivity contribution in [1.29, 1.82) is 0 Å². The molecule has 1 aliphatic heterocycles. The molecule has 0 atom stereocenters. The third kappa shape index (κ3) is 3.38.